The molecule has 1 heterocycles. The van der Waals surface area contributed by atoms with Gasteiger partial charge in [-0.15, -0.1) is 0 Å². The molecule has 2 aromatic rings. The maximum Gasteiger partial charge on any atom is 0.232 e. The molecule has 2 aromatic carbocycles. The SMILES string of the molecule is CCCOc1ccccc1C[C@@H]1C(=O)Nc2ccc(Br)cc21. The van der Waals surface area contributed by atoms with Gasteiger partial charge in [0.1, 0.15) is 5.75 Å². The molecule has 1 aliphatic heterocycles. The van der Waals surface area contributed by atoms with E-state index in [0.29, 0.717) is 13.0 Å². The van der Waals surface area contributed by atoms with Crippen molar-refractivity contribution in [1.29, 1.82) is 0 Å². The van der Waals surface area contributed by atoms with Gasteiger partial charge < -0.3 is 10.1 Å². The molecule has 0 fully saturated rings. The number of anilines is 1. The Morgan fingerprint density at radius 2 is 2.05 bits per heavy atom. The van der Waals surface area contributed by atoms with Crippen LogP contribution in [0.5, 0.6) is 5.75 Å². The summed E-state index contributed by atoms with van der Waals surface area (Å²) in [4.78, 5) is 12.3. The van der Waals surface area contributed by atoms with Crippen LogP contribution in [-0.2, 0) is 11.2 Å². The molecule has 4 heteroatoms. The lowest BCUT2D eigenvalue weighted by atomic mass is 9.93. The Labute approximate surface area is 138 Å². The monoisotopic (exact) mass is 359 g/mol. The maximum absolute atomic E-state index is 12.3. The summed E-state index contributed by atoms with van der Waals surface area (Å²) in [5.41, 5.74) is 3.03. The molecule has 0 radical (unpaired) electrons. The van der Waals surface area contributed by atoms with Gasteiger partial charge in [-0.25, -0.2) is 0 Å². The van der Waals surface area contributed by atoms with Gasteiger partial charge in [-0.05, 0) is 48.2 Å². The number of para-hydroxylation sites is 1. The number of ether oxygens (including phenoxy) is 1. The zero-order valence-corrected chi connectivity index (χ0v) is 14.0. The Bertz CT molecular complexity index is 699. The third-order valence-electron chi connectivity index (χ3n) is 3.82. The van der Waals surface area contributed by atoms with Crippen molar-refractivity contribution >= 4 is 27.5 Å². The highest BCUT2D eigenvalue weighted by atomic mass is 79.9. The average molecular weight is 360 g/mol. The van der Waals surface area contributed by atoms with Crippen LogP contribution in [0.15, 0.2) is 46.9 Å². The summed E-state index contributed by atoms with van der Waals surface area (Å²) in [5, 5.41) is 2.96. The van der Waals surface area contributed by atoms with Crippen LogP contribution in [0.2, 0.25) is 0 Å². The van der Waals surface area contributed by atoms with E-state index in [1.165, 1.54) is 0 Å². The number of nitrogens with one attached hydrogen (secondary N) is 1. The van der Waals surface area contributed by atoms with E-state index < -0.39 is 0 Å². The number of rotatable bonds is 5. The summed E-state index contributed by atoms with van der Waals surface area (Å²) in [6.45, 7) is 2.77. The Balaban J connectivity index is 1.88. The maximum atomic E-state index is 12.3. The second-order valence-corrected chi connectivity index (χ2v) is 6.35. The van der Waals surface area contributed by atoms with E-state index in [0.717, 1.165) is 33.5 Å². The van der Waals surface area contributed by atoms with Crippen LogP contribution in [-0.4, -0.2) is 12.5 Å². The van der Waals surface area contributed by atoms with Crippen LogP contribution in [0.4, 0.5) is 5.69 Å². The van der Waals surface area contributed by atoms with E-state index >= 15 is 0 Å². The van der Waals surface area contributed by atoms with Crippen molar-refractivity contribution < 1.29 is 9.53 Å². The van der Waals surface area contributed by atoms with Gasteiger partial charge in [0.05, 0.1) is 12.5 Å². The minimum Gasteiger partial charge on any atom is -0.493 e. The quantitative estimate of drug-likeness (QED) is 0.852. The molecule has 0 saturated carbocycles. The first-order valence-electron chi connectivity index (χ1n) is 7.50. The van der Waals surface area contributed by atoms with Gasteiger partial charge in [0, 0.05) is 10.2 Å². The van der Waals surface area contributed by atoms with E-state index in [9.17, 15) is 4.79 Å². The molecule has 3 nitrogen and oxygen atoms in total. The minimum absolute atomic E-state index is 0.0541. The predicted octanol–water partition coefficient (Wildman–Crippen LogP) is 4.52. The lowest BCUT2D eigenvalue weighted by Crippen LogP contribution is -2.15. The summed E-state index contributed by atoms with van der Waals surface area (Å²) < 4.78 is 6.79. The first kappa shape index (κ1) is 15.1. The van der Waals surface area contributed by atoms with Crippen LogP contribution >= 0.6 is 15.9 Å². The van der Waals surface area contributed by atoms with Crippen molar-refractivity contribution in [2.45, 2.75) is 25.7 Å². The summed E-state index contributed by atoms with van der Waals surface area (Å²) in [5.74, 6) is 0.762. The molecule has 0 spiro atoms. The van der Waals surface area contributed by atoms with Gasteiger partial charge in [-0.2, -0.15) is 0 Å². The van der Waals surface area contributed by atoms with Crippen molar-refractivity contribution in [2.24, 2.45) is 0 Å². The first-order valence-corrected chi connectivity index (χ1v) is 8.29. The molecule has 0 saturated heterocycles. The predicted molar refractivity (Wildman–Crippen MR) is 91.4 cm³/mol. The fourth-order valence-electron chi connectivity index (χ4n) is 2.74. The highest BCUT2D eigenvalue weighted by Crippen LogP contribution is 2.37. The number of halogens is 1. The van der Waals surface area contributed by atoms with E-state index in [-0.39, 0.29) is 11.8 Å². The standard InChI is InChI=1S/C18H18BrNO2/c1-2-9-22-17-6-4-3-5-12(17)10-15-14-11-13(19)7-8-16(14)20-18(15)21/h3-8,11,15H,2,9-10H2,1H3,(H,20,21)/t15-/m0/s1. The van der Waals surface area contributed by atoms with Gasteiger partial charge in [-0.3, -0.25) is 4.79 Å². The van der Waals surface area contributed by atoms with E-state index in [1.807, 2.05) is 42.5 Å². The summed E-state index contributed by atoms with van der Waals surface area (Å²) >= 11 is 3.48. The van der Waals surface area contributed by atoms with Gasteiger partial charge in [-0.1, -0.05) is 41.1 Å². The fourth-order valence-corrected chi connectivity index (χ4v) is 3.12. The second-order valence-electron chi connectivity index (χ2n) is 5.43. The fraction of sp³-hybridized carbons (Fsp3) is 0.278. The molecule has 1 aliphatic rings. The molecule has 1 N–H and O–H groups in total. The van der Waals surface area contributed by atoms with Crippen molar-refractivity contribution in [2.75, 3.05) is 11.9 Å². The highest BCUT2D eigenvalue weighted by Gasteiger charge is 2.31. The summed E-state index contributed by atoms with van der Waals surface area (Å²) in [7, 11) is 0. The number of carbonyl (C=O) groups is 1. The Kier molecular flexibility index (Phi) is 4.48. The minimum atomic E-state index is -0.168. The van der Waals surface area contributed by atoms with Gasteiger partial charge >= 0.3 is 0 Å². The van der Waals surface area contributed by atoms with Crippen molar-refractivity contribution in [3.8, 4) is 5.75 Å². The Morgan fingerprint density at radius 3 is 2.86 bits per heavy atom. The molecule has 0 bridgehead atoms. The van der Waals surface area contributed by atoms with Crippen LogP contribution in [0.3, 0.4) is 0 Å². The second kappa shape index (κ2) is 6.53. The van der Waals surface area contributed by atoms with Gasteiger partial charge in [0.15, 0.2) is 0 Å². The summed E-state index contributed by atoms with van der Waals surface area (Å²) in [6.07, 6.45) is 1.61. The lowest BCUT2D eigenvalue weighted by molar-refractivity contribution is -0.117. The van der Waals surface area contributed by atoms with Crippen LogP contribution in [0.1, 0.15) is 30.4 Å². The zero-order valence-electron chi connectivity index (χ0n) is 12.4. The lowest BCUT2D eigenvalue weighted by Gasteiger charge is -2.14. The Morgan fingerprint density at radius 1 is 1.23 bits per heavy atom. The van der Waals surface area contributed by atoms with Crippen molar-refractivity contribution in [3.63, 3.8) is 0 Å². The van der Waals surface area contributed by atoms with Crippen molar-refractivity contribution in [3.05, 3.63) is 58.1 Å². The molecule has 0 aliphatic carbocycles. The number of hydrogen-bond acceptors (Lipinski definition) is 2. The normalized spacial score (nSPS) is 16.3. The number of amides is 1. The third kappa shape index (κ3) is 3.02. The molecule has 1 amide bonds. The van der Waals surface area contributed by atoms with E-state index in [2.05, 4.69) is 28.2 Å². The van der Waals surface area contributed by atoms with E-state index in [4.69, 9.17) is 4.74 Å². The van der Waals surface area contributed by atoms with Crippen LogP contribution < -0.4 is 10.1 Å². The molecule has 3 rings (SSSR count). The number of carbonyl (C=O) groups excluding carboxylic acids is 1. The largest absolute Gasteiger partial charge is 0.493 e. The van der Waals surface area contributed by atoms with Crippen LogP contribution in [0.25, 0.3) is 0 Å². The molecular formula is C18H18BrNO2. The molecule has 22 heavy (non-hydrogen) atoms. The third-order valence-corrected chi connectivity index (χ3v) is 4.31. The van der Waals surface area contributed by atoms with E-state index in [1.54, 1.807) is 0 Å². The molecular weight excluding hydrogens is 342 g/mol. The van der Waals surface area contributed by atoms with Gasteiger partial charge in [0.2, 0.25) is 5.91 Å². The topological polar surface area (TPSA) is 38.3 Å². The smallest absolute Gasteiger partial charge is 0.232 e. The van der Waals surface area contributed by atoms with Crippen LogP contribution in [0, 0.1) is 0 Å². The molecule has 0 unspecified atom stereocenters. The number of hydrogen-bond donors (Lipinski definition) is 1. The highest BCUT2D eigenvalue weighted by molar-refractivity contribution is 9.10. The Hall–Kier alpha value is -1.81. The zero-order chi connectivity index (χ0) is 15.5. The van der Waals surface area contributed by atoms with Gasteiger partial charge in [0.25, 0.3) is 0 Å². The summed E-state index contributed by atoms with van der Waals surface area (Å²) in [6, 6.07) is 13.9. The first-order chi connectivity index (χ1) is 10.7. The molecule has 114 valence electrons. The molecule has 1 atom stereocenters. The number of fused-ring (bicyclic) bond motifs is 1. The number of benzene rings is 2. The molecule has 0 aromatic heterocycles. The average Bonchev–Trinajstić information content (AvgIpc) is 2.82. The van der Waals surface area contributed by atoms with Crippen molar-refractivity contribution in [1.82, 2.24) is 0 Å².